The zero-order valence-corrected chi connectivity index (χ0v) is 21.5. The second-order valence-electron chi connectivity index (χ2n) is 8.63. The third-order valence-corrected chi connectivity index (χ3v) is 5.30. The van der Waals surface area contributed by atoms with Crippen LogP contribution < -0.4 is 14.8 Å². The van der Waals surface area contributed by atoms with Crippen LogP contribution in [0.4, 0.5) is 4.79 Å². The van der Waals surface area contributed by atoms with Crippen LogP contribution in [-0.4, -0.2) is 47.5 Å². The lowest BCUT2D eigenvalue weighted by molar-refractivity contribution is -0.166. The highest BCUT2D eigenvalue weighted by molar-refractivity contribution is 5.81. The van der Waals surface area contributed by atoms with E-state index in [4.69, 9.17) is 18.9 Å². The lowest BCUT2D eigenvalue weighted by Crippen LogP contribution is -2.59. The first-order valence-electron chi connectivity index (χ1n) is 11.8. The van der Waals surface area contributed by atoms with Crippen molar-refractivity contribution >= 4 is 24.1 Å². The Morgan fingerprint density at radius 3 is 1.91 bits per heavy atom. The Hall–Kier alpha value is -3.14. The molecule has 2 N–H and O–H groups in total. The Bertz CT molecular complexity index is 899. The molecule has 0 aliphatic heterocycles. The molecule has 0 fully saturated rings. The minimum atomic E-state index is -2.16. The molecule has 35 heavy (non-hydrogen) atoms. The van der Waals surface area contributed by atoms with E-state index < -0.39 is 35.7 Å². The molecule has 0 saturated carbocycles. The highest BCUT2D eigenvalue weighted by atomic mass is 16.7. The zero-order valence-electron chi connectivity index (χ0n) is 21.5. The number of hydrogen-bond acceptors (Lipinski definition) is 9. The van der Waals surface area contributed by atoms with Crippen molar-refractivity contribution in [2.45, 2.75) is 79.5 Å². The molecule has 3 atom stereocenters. The molecule has 0 spiro atoms. The highest BCUT2D eigenvalue weighted by Gasteiger charge is 2.44. The minimum absolute atomic E-state index is 0.00215. The van der Waals surface area contributed by atoms with Gasteiger partial charge in [0.25, 0.3) is 5.72 Å². The van der Waals surface area contributed by atoms with Crippen LogP contribution in [0.15, 0.2) is 18.2 Å². The van der Waals surface area contributed by atoms with E-state index in [9.17, 15) is 24.3 Å². The number of carbonyl (C=O) groups excluding carboxylic acids is 3. The molecule has 0 aliphatic carbocycles. The fourth-order valence-electron chi connectivity index (χ4n) is 2.92. The summed E-state index contributed by atoms with van der Waals surface area (Å²) in [5, 5.41) is 12.8. The summed E-state index contributed by atoms with van der Waals surface area (Å²) in [6.07, 6.45) is -0.377. The molecule has 0 aliphatic rings. The summed E-state index contributed by atoms with van der Waals surface area (Å²) in [4.78, 5) is 49.2. The molecule has 196 valence electrons. The topological polar surface area (TPSA) is 137 Å². The van der Waals surface area contributed by atoms with Crippen molar-refractivity contribution in [2.24, 2.45) is 11.8 Å². The fraction of sp³-hybridized carbons (Fsp3) is 0.600. The van der Waals surface area contributed by atoms with E-state index in [0.717, 1.165) is 0 Å². The molecule has 0 aromatic heterocycles. The van der Waals surface area contributed by atoms with Crippen molar-refractivity contribution in [3.05, 3.63) is 23.8 Å². The highest BCUT2D eigenvalue weighted by Crippen LogP contribution is 2.32. The molecule has 0 saturated heterocycles. The van der Waals surface area contributed by atoms with Gasteiger partial charge in [-0.15, -0.1) is 0 Å². The number of hydrogen-bond donors (Lipinski definition) is 2. The fourth-order valence-corrected chi connectivity index (χ4v) is 2.92. The number of benzene rings is 1. The standard InChI is InChI=1S/C25H37NO9/c1-8-16(6)21(27)33-19-12-11-18(13-20(19)34-22(28)17(7)9-2)14-25(23(29)30,26-15(4)5)35-24(31)32-10-3/h11-13,15-17,26H,8-10,14H2,1-7H3,(H,29,30)/t16?,17?,25-/m0/s1. The van der Waals surface area contributed by atoms with Crippen molar-refractivity contribution in [3.63, 3.8) is 0 Å². The first-order valence-corrected chi connectivity index (χ1v) is 11.8. The lowest BCUT2D eigenvalue weighted by Gasteiger charge is -2.31. The number of nitrogens with one attached hydrogen (secondary N) is 1. The maximum absolute atomic E-state index is 12.5. The van der Waals surface area contributed by atoms with Crippen LogP contribution in [0.2, 0.25) is 0 Å². The Morgan fingerprint density at radius 1 is 0.914 bits per heavy atom. The van der Waals surface area contributed by atoms with Gasteiger partial charge in [0.05, 0.1) is 18.4 Å². The predicted molar refractivity (Wildman–Crippen MR) is 127 cm³/mol. The van der Waals surface area contributed by atoms with Crippen molar-refractivity contribution < 1.29 is 43.2 Å². The van der Waals surface area contributed by atoms with Gasteiger partial charge in [-0.2, -0.15) is 0 Å². The van der Waals surface area contributed by atoms with E-state index in [1.165, 1.54) is 18.2 Å². The van der Waals surface area contributed by atoms with Crippen LogP contribution in [0.25, 0.3) is 0 Å². The number of carbonyl (C=O) groups is 4. The molecule has 1 aromatic rings. The van der Waals surface area contributed by atoms with E-state index in [1.54, 1.807) is 34.6 Å². The number of carboxylic acids is 1. The summed E-state index contributed by atoms with van der Waals surface area (Å²) in [6.45, 7) is 12.1. The summed E-state index contributed by atoms with van der Waals surface area (Å²) in [6, 6.07) is 3.95. The summed E-state index contributed by atoms with van der Waals surface area (Å²) < 4.78 is 21.0. The normalized spacial score (nSPS) is 14.4. The summed E-state index contributed by atoms with van der Waals surface area (Å²) >= 11 is 0. The number of ether oxygens (including phenoxy) is 4. The van der Waals surface area contributed by atoms with E-state index in [-0.39, 0.29) is 36.5 Å². The van der Waals surface area contributed by atoms with Gasteiger partial charge in [-0.3, -0.25) is 14.9 Å². The molecule has 0 bridgehead atoms. The smallest absolute Gasteiger partial charge is 0.477 e. The van der Waals surface area contributed by atoms with Gasteiger partial charge in [0.2, 0.25) is 0 Å². The van der Waals surface area contributed by atoms with Gasteiger partial charge in [0, 0.05) is 12.5 Å². The van der Waals surface area contributed by atoms with Crippen LogP contribution in [-0.2, 0) is 30.3 Å². The minimum Gasteiger partial charge on any atom is -0.477 e. The molecule has 2 unspecified atom stereocenters. The molecule has 1 rings (SSSR count). The van der Waals surface area contributed by atoms with Crippen molar-refractivity contribution in [1.29, 1.82) is 0 Å². The monoisotopic (exact) mass is 495 g/mol. The Labute approximate surface area is 206 Å². The van der Waals surface area contributed by atoms with Crippen LogP contribution in [0.5, 0.6) is 11.5 Å². The average Bonchev–Trinajstić information content (AvgIpc) is 2.78. The SMILES string of the molecule is CCOC(=O)O[C@](Cc1ccc(OC(=O)C(C)CC)c(OC(=O)C(C)CC)c1)(NC(C)C)C(=O)O. The Morgan fingerprint density at radius 2 is 1.46 bits per heavy atom. The van der Waals surface area contributed by atoms with Gasteiger partial charge >= 0.3 is 24.1 Å². The van der Waals surface area contributed by atoms with E-state index in [2.05, 4.69) is 5.32 Å². The largest absolute Gasteiger partial charge is 0.510 e. The third kappa shape index (κ3) is 8.86. The molecule has 0 heterocycles. The molecular formula is C25H37NO9. The first-order chi connectivity index (χ1) is 16.4. The second kappa shape index (κ2) is 13.7. The van der Waals surface area contributed by atoms with Crippen molar-refractivity contribution in [2.75, 3.05) is 6.61 Å². The molecule has 0 amide bonds. The maximum Gasteiger partial charge on any atom is 0.510 e. The average molecular weight is 496 g/mol. The van der Waals surface area contributed by atoms with Crippen LogP contribution in [0.1, 0.15) is 66.9 Å². The van der Waals surface area contributed by atoms with Gasteiger partial charge in [-0.1, -0.05) is 33.8 Å². The first kappa shape index (κ1) is 29.9. The summed E-state index contributed by atoms with van der Waals surface area (Å²) in [7, 11) is 0. The number of carboxylic acid groups (broad SMARTS) is 1. The van der Waals surface area contributed by atoms with Crippen LogP contribution >= 0.6 is 0 Å². The van der Waals surface area contributed by atoms with Crippen molar-refractivity contribution in [3.8, 4) is 11.5 Å². The van der Waals surface area contributed by atoms with Crippen molar-refractivity contribution in [1.82, 2.24) is 5.32 Å². The van der Waals surface area contributed by atoms with Crippen LogP contribution in [0, 0.1) is 11.8 Å². The lowest BCUT2D eigenvalue weighted by atomic mass is 10.0. The van der Waals surface area contributed by atoms with Gasteiger partial charge in [0.15, 0.2) is 11.5 Å². The molecule has 10 heteroatoms. The Kier molecular flexibility index (Phi) is 11.7. The van der Waals surface area contributed by atoms with E-state index in [1.807, 2.05) is 13.8 Å². The maximum atomic E-state index is 12.5. The quantitative estimate of drug-likeness (QED) is 0.234. The number of aliphatic carboxylic acids is 1. The predicted octanol–water partition coefficient (Wildman–Crippen LogP) is 4.08. The third-order valence-electron chi connectivity index (χ3n) is 5.30. The van der Waals surface area contributed by atoms with Gasteiger partial charge in [-0.25, -0.2) is 9.59 Å². The molecular weight excluding hydrogens is 458 g/mol. The summed E-state index contributed by atoms with van der Waals surface area (Å²) in [5.74, 6) is -3.26. The molecule has 10 nitrogen and oxygen atoms in total. The Balaban J connectivity index is 3.46. The molecule has 1 aromatic carbocycles. The second-order valence-corrected chi connectivity index (χ2v) is 8.63. The number of rotatable bonds is 13. The van der Waals surface area contributed by atoms with Gasteiger partial charge in [-0.05, 0) is 51.3 Å². The van der Waals surface area contributed by atoms with E-state index >= 15 is 0 Å². The summed E-state index contributed by atoms with van der Waals surface area (Å²) in [5.41, 5.74) is -1.81. The number of esters is 2. The zero-order chi connectivity index (χ0) is 26.8. The van der Waals surface area contributed by atoms with Gasteiger partial charge < -0.3 is 24.1 Å². The van der Waals surface area contributed by atoms with Gasteiger partial charge in [0.1, 0.15) is 0 Å². The van der Waals surface area contributed by atoms with Crippen LogP contribution in [0.3, 0.4) is 0 Å². The van der Waals surface area contributed by atoms with E-state index in [0.29, 0.717) is 18.4 Å². The molecule has 0 radical (unpaired) electrons.